The van der Waals surface area contributed by atoms with Gasteiger partial charge in [0.05, 0.1) is 12.0 Å². The standard InChI is InChI=1S/C8H17ClO3/c1-7(2,6-10-3)8(9,11-4)12-5/h6H2,1-5H3. The minimum Gasteiger partial charge on any atom is -0.384 e. The monoisotopic (exact) mass is 196 g/mol. The predicted molar refractivity (Wildman–Crippen MR) is 48.3 cm³/mol. The summed E-state index contributed by atoms with van der Waals surface area (Å²) < 4.78 is 15.1. The second-order valence-corrected chi connectivity index (χ2v) is 3.76. The molecule has 0 saturated carbocycles. The summed E-state index contributed by atoms with van der Waals surface area (Å²) in [6, 6.07) is 0. The lowest BCUT2D eigenvalue weighted by molar-refractivity contribution is -0.217. The minimum absolute atomic E-state index is 0.396. The molecule has 0 rings (SSSR count). The van der Waals surface area contributed by atoms with Crippen LogP contribution in [0.15, 0.2) is 0 Å². The molecule has 0 unspecified atom stereocenters. The molecule has 0 spiro atoms. The fraction of sp³-hybridized carbons (Fsp3) is 1.00. The second-order valence-electron chi connectivity index (χ2n) is 3.26. The van der Waals surface area contributed by atoms with Crippen LogP contribution >= 0.6 is 11.6 Å². The van der Waals surface area contributed by atoms with Crippen LogP contribution in [0.4, 0.5) is 0 Å². The number of alkyl halides is 1. The third-order valence-electron chi connectivity index (χ3n) is 1.84. The average molecular weight is 197 g/mol. The molecule has 0 atom stereocenters. The molecule has 0 heterocycles. The Hall–Kier alpha value is 0.170. The molecule has 0 aliphatic rings. The zero-order chi connectivity index (χ0) is 9.83. The van der Waals surface area contributed by atoms with Crippen molar-refractivity contribution in [1.29, 1.82) is 0 Å². The Balaban J connectivity index is 4.46. The van der Waals surface area contributed by atoms with Crippen LogP contribution in [0, 0.1) is 5.41 Å². The zero-order valence-corrected chi connectivity index (χ0v) is 9.07. The maximum atomic E-state index is 6.05. The molecule has 0 radical (unpaired) electrons. The second kappa shape index (κ2) is 4.42. The fourth-order valence-corrected chi connectivity index (χ4v) is 1.14. The van der Waals surface area contributed by atoms with Gasteiger partial charge in [0.15, 0.2) is 0 Å². The molecule has 0 aliphatic heterocycles. The predicted octanol–water partition coefficient (Wildman–Crippen LogP) is 1.84. The molecule has 0 bridgehead atoms. The Labute approximate surface area is 78.9 Å². The number of rotatable bonds is 5. The number of methoxy groups -OCH3 is 3. The SMILES string of the molecule is COCC(C)(C)C(Cl)(OC)OC. The summed E-state index contributed by atoms with van der Waals surface area (Å²) in [5, 5.41) is -1.12. The number of halogens is 1. The van der Waals surface area contributed by atoms with Gasteiger partial charge in [-0.3, -0.25) is 0 Å². The van der Waals surface area contributed by atoms with Crippen molar-refractivity contribution in [1.82, 2.24) is 0 Å². The van der Waals surface area contributed by atoms with Gasteiger partial charge in [0, 0.05) is 21.3 Å². The van der Waals surface area contributed by atoms with Crippen LogP contribution in [-0.2, 0) is 14.2 Å². The van der Waals surface area contributed by atoms with Gasteiger partial charge < -0.3 is 14.2 Å². The van der Waals surface area contributed by atoms with Gasteiger partial charge in [-0.2, -0.15) is 0 Å². The smallest absolute Gasteiger partial charge is 0.255 e. The number of ether oxygens (including phenoxy) is 3. The van der Waals surface area contributed by atoms with Crippen molar-refractivity contribution < 1.29 is 14.2 Å². The zero-order valence-electron chi connectivity index (χ0n) is 8.31. The molecule has 0 fully saturated rings. The van der Waals surface area contributed by atoms with E-state index >= 15 is 0 Å². The van der Waals surface area contributed by atoms with Crippen molar-refractivity contribution in [2.75, 3.05) is 27.9 Å². The van der Waals surface area contributed by atoms with E-state index in [1.54, 1.807) is 7.11 Å². The van der Waals surface area contributed by atoms with Crippen LogP contribution in [0.25, 0.3) is 0 Å². The lowest BCUT2D eigenvalue weighted by atomic mass is 9.93. The van der Waals surface area contributed by atoms with E-state index in [9.17, 15) is 0 Å². The van der Waals surface area contributed by atoms with E-state index < -0.39 is 10.7 Å². The van der Waals surface area contributed by atoms with Crippen molar-refractivity contribution >= 4 is 11.6 Å². The summed E-state index contributed by atoms with van der Waals surface area (Å²) in [4.78, 5) is 0. The Morgan fingerprint density at radius 2 is 1.50 bits per heavy atom. The molecule has 0 saturated heterocycles. The highest BCUT2D eigenvalue weighted by atomic mass is 35.5. The molecule has 0 aromatic rings. The van der Waals surface area contributed by atoms with Crippen LogP contribution < -0.4 is 0 Å². The molecule has 0 aliphatic carbocycles. The van der Waals surface area contributed by atoms with Gasteiger partial charge in [0.25, 0.3) is 5.25 Å². The van der Waals surface area contributed by atoms with Crippen molar-refractivity contribution in [2.24, 2.45) is 5.41 Å². The maximum absolute atomic E-state index is 6.05. The van der Waals surface area contributed by atoms with Crippen molar-refractivity contribution in [3.63, 3.8) is 0 Å². The van der Waals surface area contributed by atoms with Crippen molar-refractivity contribution in [3.05, 3.63) is 0 Å². The minimum atomic E-state index is -1.12. The van der Waals surface area contributed by atoms with Crippen molar-refractivity contribution in [2.45, 2.75) is 19.1 Å². The summed E-state index contributed by atoms with van der Waals surface area (Å²) in [5.74, 6) is 0. The van der Waals surface area contributed by atoms with E-state index in [4.69, 9.17) is 25.8 Å². The molecule has 0 aromatic heterocycles. The van der Waals surface area contributed by atoms with Gasteiger partial charge in [-0.25, -0.2) is 0 Å². The van der Waals surface area contributed by atoms with Crippen LogP contribution in [0.2, 0.25) is 0 Å². The first-order valence-corrected chi connectivity index (χ1v) is 4.09. The maximum Gasteiger partial charge on any atom is 0.255 e. The summed E-state index contributed by atoms with van der Waals surface area (Å²) in [6.45, 7) is 4.30. The van der Waals surface area contributed by atoms with Crippen LogP contribution in [0.1, 0.15) is 13.8 Å². The first kappa shape index (κ1) is 12.2. The highest BCUT2D eigenvalue weighted by molar-refractivity contribution is 6.22. The quantitative estimate of drug-likeness (QED) is 0.496. The molecule has 12 heavy (non-hydrogen) atoms. The van der Waals surface area contributed by atoms with Gasteiger partial charge in [-0.15, -0.1) is 0 Å². The van der Waals surface area contributed by atoms with Gasteiger partial charge in [-0.05, 0) is 0 Å². The molecular formula is C8H17ClO3. The lowest BCUT2D eigenvalue weighted by Crippen LogP contribution is -2.45. The van der Waals surface area contributed by atoms with E-state index in [0.717, 1.165) is 0 Å². The molecular weight excluding hydrogens is 180 g/mol. The number of hydrogen-bond acceptors (Lipinski definition) is 3. The van der Waals surface area contributed by atoms with Gasteiger partial charge in [-0.1, -0.05) is 25.4 Å². The first-order valence-electron chi connectivity index (χ1n) is 3.71. The lowest BCUT2D eigenvalue weighted by Gasteiger charge is -2.38. The largest absolute Gasteiger partial charge is 0.384 e. The van der Waals surface area contributed by atoms with Gasteiger partial charge >= 0.3 is 0 Å². The molecule has 0 amide bonds. The van der Waals surface area contributed by atoms with Gasteiger partial charge in [0.1, 0.15) is 0 Å². The highest BCUT2D eigenvalue weighted by Gasteiger charge is 2.44. The molecule has 74 valence electrons. The fourth-order valence-electron chi connectivity index (χ4n) is 1.08. The average Bonchev–Trinajstić information content (AvgIpc) is 2.02. The summed E-state index contributed by atoms with van der Waals surface area (Å²) in [5.41, 5.74) is -0.396. The first-order chi connectivity index (χ1) is 5.43. The van der Waals surface area contributed by atoms with E-state index in [1.807, 2.05) is 13.8 Å². The van der Waals surface area contributed by atoms with E-state index in [2.05, 4.69) is 0 Å². The molecule has 4 heteroatoms. The third kappa shape index (κ3) is 2.33. The van der Waals surface area contributed by atoms with Crippen LogP contribution in [-0.4, -0.2) is 33.2 Å². The Bertz CT molecular complexity index is 132. The molecule has 0 aromatic carbocycles. The van der Waals surface area contributed by atoms with E-state index in [1.165, 1.54) is 14.2 Å². The summed E-state index contributed by atoms with van der Waals surface area (Å²) >= 11 is 6.05. The highest BCUT2D eigenvalue weighted by Crippen LogP contribution is 2.38. The summed E-state index contributed by atoms with van der Waals surface area (Å²) in [7, 11) is 4.63. The topological polar surface area (TPSA) is 27.7 Å². The molecule has 3 nitrogen and oxygen atoms in total. The summed E-state index contributed by atoms with van der Waals surface area (Å²) in [6.07, 6.45) is 0. The molecule has 0 N–H and O–H groups in total. The number of hydrogen-bond donors (Lipinski definition) is 0. The Kier molecular flexibility index (Phi) is 4.48. The van der Waals surface area contributed by atoms with E-state index in [-0.39, 0.29) is 0 Å². The normalized spacial score (nSPS) is 13.5. The van der Waals surface area contributed by atoms with Gasteiger partial charge in [0.2, 0.25) is 0 Å². The third-order valence-corrected chi connectivity index (χ3v) is 2.66. The van der Waals surface area contributed by atoms with Crippen LogP contribution in [0.5, 0.6) is 0 Å². The van der Waals surface area contributed by atoms with Crippen LogP contribution in [0.3, 0.4) is 0 Å². The Morgan fingerprint density at radius 1 is 1.08 bits per heavy atom. The van der Waals surface area contributed by atoms with Crippen molar-refractivity contribution in [3.8, 4) is 0 Å². The Morgan fingerprint density at radius 3 is 1.75 bits per heavy atom. The van der Waals surface area contributed by atoms with E-state index in [0.29, 0.717) is 6.61 Å².